The molecule has 1 atom stereocenters. The average molecular weight is 672 g/mol. The molecule has 0 aliphatic heterocycles. The van der Waals surface area contributed by atoms with E-state index in [1.165, 1.54) is 128 Å². The zero-order valence-corrected chi connectivity index (χ0v) is 31.2. The van der Waals surface area contributed by atoms with Crippen molar-refractivity contribution in [2.24, 2.45) is 0 Å². The number of carbonyl (C=O) groups is 3. The van der Waals surface area contributed by atoms with Gasteiger partial charge in [-0.1, -0.05) is 192 Å². The average Bonchev–Trinajstić information content (AvgIpc) is 3.09. The number of rotatable bonds is 34. The number of nitrogens with one attached hydrogen (secondary N) is 1. The summed E-state index contributed by atoms with van der Waals surface area (Å²) in [6, 6.07) is 9.46. The van der Waals surface area contributed by atoms with Crippen LogP contribution in [0, 0.1) is 0 Å². The molecule has 0 saturated carbocycles. The van der Waals surface area contributed by atoms with Gasteiger partial charge in [-0.3, -0.25) is 14.4 Å². The quantitative estimate of drug-likeness (QED) is 0.0582. The Morgan fingerprint density at radius 1 is 0.562 bits per heavy atom. The third-order valence-corrected chi connectivity index (χ3v) is 9.25. The van der Waals surface area contributed by atoms with Crippen LogP contribution in [0.3, 0.4) is 0 Å². The molecule has 6 nitrogen and oxygen atoms in total. The number of hydrogen-bond acceptors (Lipinski definition) is 5. The minimum absolute atomic E-state index is 0.0777. The topological polar surface area (TPSA) is 81.7 Å². The summed E-state index contributed by atoms with van der Waals surface area (Å²) >= 11 is 0. The van der Waals surface area contributed by atoms with Gasteiger partial charge in [-0.25, -0.2) is 0 Å². The first-order chi connectivity index (χ1) is 23.5. The van der Waals surface area contributed by atoms with Gasteiger partial charge in [0.05, 0.1) is 6.42 Å². The largest absolute Gasteiger partial charge is 0.462 e. The molecular weight excluding hydrogens is 598 g/mol. The van der Waals surface area contributed by atoms with Gasteiger partial charge in [0.15, 0.2) is 0 Å². The molecule has 1 N–H and O–H groups in total. The third kappa shape index (κ3) is 28.6. The molecule has 1 aromatic rings. The van der Waals surface area contributed by atoms with Crippen molar-refractivity contribution in [3.8, 4) is 0 Å². The highest BCUT2D eigenvalue weighted by molar-refractivity contribution is 5.82. The van der Waals surface area contributed by atoms with Gasteiger partial charge in [0.1, 0.15) is 19.3 Å². The van der Waals surface area contributed by atoms with Crippen molar-refractivity contribution in [2.75, 3.05) is 6.54 Å². The van der Waals surface area contributed by atoms with Crippen LogP contribution in [0.2, 0.25) is 0 Å². The van der Waals surface area contributed by atoms with Crippen molar-refractivity contribution in [3.63, 3.8) is 0 Å². The van der Waals surface area contributed by atoms with Crippen LogP contribution < -0.4 is 5.32 Å². The molecule has 1 rings (SSSR count). The van der Waals surface area contributed by atoms with Gasteiger partial charge < -0.3 is 14.8 Å². The number of benzene rings is 1. The smallest absolute Gasteiger partial charge is 0.325 e. The maximum Gasteiger partial charge on any atom is 0.325 e. The highest BCUT2D eigenvalue weighted by Crippen LogP contribution is 2.17. The number of ether oxygens (including phenoxy) is 2. The van der Waals surface area contributed by atoms with Crippen LogP contribution in [0.1, 0.15) is 199 Å². The van der Waals surface area contributed by atoms with Crippen molar-refractivity contribution in [2.45, 2.75) is 206 Å². The van der Waals surface area contributed by atoms with Crippen molar-refractivity contribution in [3.05, 3.63) is 35.9 Å². The Balaban J connectivity index is 2.29. The molecule has 0 fully saturated rings. The fourth-order valence-corrected chi connectivity index (χ4v) is 6.19. The van der Waals surface area contributed by atoms with E-state index in [4.69, 9.17) is 9.47 Å². The summed E-state index contributed by atoms with van der Waals surface area (Å²) in [5, 5.41) is 2.66. The predicted molar refractivity (Wildman–Crippen MR) is 200 cm³/mol. The molecule has 0 saturated heterocycles. The zero-order chi connectivity index (χ0) is 34.8. The Morgan fingerprint density at radius 2 is 1.00 bits per heavy atom. The molecule has 0 bridgehead atoms. The van der Waals surface area contributed by atoms with Crippen LogP contribution in [0.4, 0.5) is 0 Å². The Bertz CT molecular complexity index is 889. The van der Waals surface area contributed by atoms with Crippen LogP contribution in [0.25, 0.3) is 0 Å². The Hall–Kier alpha value is -2.37. The van der Waals surface area contributed by atoms with Crippen LogP contribution in [0.15, 0.2) is 30.3 Å². The lowest BCUT2D eigenvalue weighted by Crippen LogP contribution is -2.34. The lowest BCUT2D eigenvalue weighted by atomic mass is 10.0. The minimum atomic E-state index is -0.482. The van der Waals surface area contributed by atoms with Gasteiger partial charge in [0.2, 0.25) is 5.91 Å². The molecule has 0 heterocycles. The van der Waals surface area contributed by atoms with Gasteiger partial charge in [0.25, 0.3) is 0 Å². The van der Waals surface area contributed by atoms with Crippen molar-refractivity contribution >= 4 is 17.8 Å². The number of unbranched alkanes of at least 4 members (excludes halogenated alkanes) is 23. The fourth-order valence-electron chi connectivity index (χ4n) is 6.19. The van der Waals surface area contributed by atoms with E-state index in [0.29, 0.717) is 12.8 Å². The van der Waals surface area contributed by atoms with Crippen molar-refractivity contribution < 1.29 is 23.9 Å². The molecule has 1 amide bonds. The molecule has 0 aliphatic rings. The van der Waals surface area contributed by atoms with E-state index < -0.39 is 12.1 Å². The van der Waals surface area contributed by atoms with Gasteiger partial charge in [-0.05, 0) is 24.8 Å². The van der Waals surface area contributed by atoms with Gasteiger partial charge in [-0.15, -0.1) is 0 Å². The van der Waals surface area contributed by atoms with Crippen LogP contribution >= 0.6 is 0 Å². The zero-order valence-electron chi connectivity index (χ0n) is 31.2. The van der Waals surface area contributed by atoms with E-state index in [1.807, 2.05) is 30.3 Å². The lowest BCUT2D eigenvalue weighted by molar-refractivity contribution is -0.152. The molecule has 0 radical (unpaired) electrons. The van der Waals surface area contributed by atoms with Crippen LogP contribution in [-0.2, 0) is 30.5 Å². The molecule has 0 spiro atoms. The summed E-state index contributed by atoms with van der Waals surface area (Å²) in [7, 11) is 0. The standard InChI is InChI=1S/C42H73NO5/c1-3-5-7-9-11-13-15-17-19-21-23-25-30-34-41(45)48-39(33-29-24-22-20-18-16-14-12-10-8-6-4-2)35-40(44)43-36-42(46)47-37-38-31-27-26-28-32-38/h26-28,31-32,39H,3-25,29-30,33-37H2,1-2H3,(H,43,44). The van der Waals surface area contributed by atoms with E-state index in [2.05, 4.69) is 19.2 Å². The molecule has 0 aromatic heterocycles. The number of esters is 2. The number of hydrogen-bond donors (Lipinski definition) is 1. The monoisotopic (exact) mass is 672 g/mol. The van der Waals surface area contributed by atoms with Crippen LogP contribution in [-0.4, -0.2) is 30.5 Å². The van der Waals surface area contributed by atoms with E-state index in [-0.39, 0.29) is 31.4 Å². The summed E-state index contributed by atoms with van der Waals surface area (Å²) < 4.78 is 11.1. The maximum absolute atomic E-state index is 12.7. The molecule has 276 valence electrons. The first-order valence-electron chi connectivity index (χ1n) is 20.2. The first-order valence-corrected chi connectivity index (χ1v) is 20.2. The fraction of sp³-hybridized carbons (Fsp3) is 0.786. The number of amides is 1. The van der Waals surface area contributed by atoms with Gasteiger partial charge >= 0.3 is 11.9 Å². The molecule has 1 unspecified atom stereocenters. The molecule has 6 heteroatoms. The number of carbonyl (C=O) groups excluding carboxylic acids is 3. The molecule has 1 aromatic carbocycles. The predicted octanol–water partition coefficient (Wildman–Crippen LogP) is 11.7. The summed E-state index contributed by atoms with van der Waals surface area (Å²) in [5.74, 6) is -0.981. The van der Waals surface area contributed by atoms with E-state index in [9.17, 15) is 14.4 Å². The highest BCUT2D eigenvalue weighted by Gasteiger charge is 2.19. The van der Waals surface area contributed by atoms with Crippen molar-refractivity contribution in [1.29, 1.82) is 0 Å². The maximum atomic E-state index is 12.7. The summed E-state index contributed by atoms with van der Waals surface area (Å²) in [4.78, 5) is 37.6. The Morgan fingerprint density at radius 3 is 1.48 bits per heavy atom. The second-order valence-corrected chi connectivity index (χ2v) is 13.9. The van der Waals surface area contributed by atoms with Gasteiger partial charge in [-0.2, -0.15) is 0 Å². The molecule has 48 heavy (non-hydrogen) atoms. The van der Waals surface area contributed by atoms with Crippen LogP contribution in [0.5, 0.6) is 0 Å². The Labute approximate surface area is 295 Å². The Kier molecular flexibility index (Phi) is 30.1. The minimum Gasteiger partial charge on any atom is -0.462 e. The van der Waals surface area contributed by atoms with Crippen molar-refractivity contribution in [1.82, 2.24) is 5.32 Å². The van der Waals surface area contributed by atoms with E-state index in [0.717, 1.165) is 37.7 Å². The first kappa shape index (κ1) is 43.7. The highest BCUT2D eigenvalue weighted by atomic mass is 16.5. The molecular formula is C42H73NO5. The summed E-state index contributed by atoms with van der Waals surface area (Å²) in [6.45, 7) is 4.51. The lowest BCUT2D eigenvalue weighted by Gasteiger charge is -2.18. The normalized spacial score (nSPS) is 11.7. The molecule has 0 aliphatic carbocycles. The summed E-state index contributed by atoms with van der Waals surface area (Å²) in [6.07, 6.45) is 32.3. The second-order valence-electron chi connectivity index (χ2n) is 13.9. The van der Waals surface area contributed by atoms with Gasteiger partial charge in [0, 0.05) is 6.42 Å². The second kappa shape index (κ2) is 33.1. The van der Waals surface area contributed by atoms with E-state index >= 15 is 0 Å². The SMILES string of the molecule is CCCCCCCCCCCCCCCC(=O)OC(CCCCCCCCCCCCCC)CC(=O)NCC(=O)OCc1ccccc1. The summed E-state index contributed by atoms with van der Waals surface area (Å²) in [5.41, 5.74) is 0.898. The third-order valence-electron chi connectivity index (χ3n) is 9.25. The van der Waals surface area contributed by atoms with E-state index in [1.54, 1.807) is 0 Å².